The molecule has 104 valence electrons. The molecular formula is C10H25N2O4P. The Morgan fingerprint density at radius 2 is 1.71 bits per heavy atom. The third kappa shape index (κ3) is 18.1. The van der Waals surface area contributed by atoms with Gasteiger partial charge >= 0.3 is 7.82 Å². The molecule has 0 fully saturated rings. The Morgan fingerprint density at radius 3 is 2.12 bits per heavy atom. The van der Waals surface area contributed by atoms with Crippen molar-refractivity contribution in [3.63, 3.8) is 0 Å². The summed E-state index contributed by atoms with van der Waals surface area (Å²) in [6, 6.07) is 0. The molecular weight excluding hydrogens is 243 g/mol. The van der Waals surface area contributed by atoms with Gasteiger partial charge in [-0.05, 0) is 33.6 Å². The van der Waals surface area contributed by atoms with Gasteiger partial charge in [0.25, 0.3) is 0 Å². The minimum Gasteiger partial charge on any atom is -0.344 e. The standard InChI is InChI=1S/C10H19O4P.2H3N/c1-9(2)5-4-6-10(3)7-8-14-15(11,12)13;;/h5,7H,4,6,8H2,1-3H3,(H2,11,12,13);2*1H3/b10-7-;;. The van der Waals surface area contributed by atoms with E-state index in [9.17, 15) is 4.57 Å². The third-order valence-corrected chi connectivity index (χ3v) is 2.25. The Labute approximate surface area is 103 Å². The number of hydrogen-bond donors (Lipinski definition) is 4. The first kappa shape index (κ1) is 21.8. The average molecular weight is 268 g/mol. The smallest absolute Gasteiger partial charge is 0.344 e. The molecule has 17 heavy (non-hydrogen) atoms. The van der Waals surface area contributed by atoms with Gasteiger partial charge in [-0.3, -0.25) is 4.52 Å². The number of phosphoric acid groups is 1. The molecule has 0 aromatic heterocycles. The number of phosphoric ester groups is 1. The minimum atomic E-state index is -4.32. The Kier molecular flexibility index (Phi) is 13.6. The SMILES string of the molecule is CC(C)=CCC/C(C)=C\COP(=O)(O)O.N.N. The quantitative estimate of drug-likeness (QED) is 0.431. The third-order valence-electron chi connectivity index (χ3n) is 1.77. The van der Waals surface area contributed by atoms with Gasteiger partial charge in [0.1, 0.15) is 0 Å². The maximum Gasteiger partial charge on any atom is 0.469 e. The molecule has 6 nitrogen and oxygen atoms in total. The lowest BCUT2D eigenvalue weighted by Crippen LogP contribution is -1.89. The lowest BCUT2D eigenvalue weighted by atomic mass is 10.1. The molecule has 8 N–H and O–H groups in total. The highest BCUT2D eigenvalue weighted by Crippen LogP contribution is 2.35. The van der Waals surface area contributed by atoms with Crippen LogP contribution in [0.4, 0.5) is 0 Å². The van der Waals surface area contributed by atoms with Crippen LogP contribution in [0.2, 0.25) is 0 Å². The van der Waals surface area contributed by atoms with Crippen molar-refractivity contribution in [1.82, 2.24) is 12.3 Å². The molecule has 0 aromatic carbocycles. The van der Waals surface area contributed by atoms with E-state index in [0.717, 1.165) is 18.4 Å². The fourth-order valence-electron chi connectivity index (χ4n) is 0.967. The van der Waals surface area contributed by atoms with Crippen molar-refractivity contribution in [3.8, 4) is 0 Å². The lowest BCUT2D eigenvalue weighted by Gasteiger charge is -2.03. The van der Waals surface area contributed by atoms with Gasteiger partial charge in [-0.1, -0.05) is 23.3 Å². The summed E-state index contributed by atoms with van der Waals surface area (Å²) < 4.78 is 14.7. The molecule has 0 aliphatic heterocycles. The summed E-state index contributed by atoms with van der Waals surface area (Å²) in [5.41, 5.74) is 2.34. The second-order valence-electron chi connectivity index (χ2n) is 3.66. The van der Waals surface area contributed by atoms with E-state index in [1.54, 1.807) is 6.08 Å². The van der Waals surface area contributed by atoms with E-state index in [1.807, 2.05) is 20.8 Å². The maximum absolute atomic E-state index is 10.3. The molecule has 0 aromatic rings. The van der Waals surface area contributed by atoms with Gasteiger partial charge in [-0.15, -0.1) is 0 Å². The summed E-state index contributed by atoms with van der Waals surface area (Å²) in [6.07, 6.45) is 5.65. The second kappa shape index (κ2) is 10.7. The molecule has 0 rings (SSSR count). The summed E-state index contributed by atoms with van der Waals surface area (Å²) >= 11 is 0. The maximum atomic E-state index is 10.3. The van der Waals surface area contributed by atoms with Crippen LogP contribution in [-0.4, -0.2) is 16.4 Å². The van der Waals surface area contributed by atoms with E-state index < -0.39 is 7.82 Å². The number of hydrogen-bond acceptors (Lipinski definition) is 4. The average Bonchev–Trinajstić information content (AvgIpc) is 2.00. The first-order valence-electron chi connectivity index (χ1n) is 4.80. The second-order valence-corrected chi connectivity index (χ2v) is 4.90. The fourth-order valence-corrected chi connectivity index (χ4v) is 1.24. The van der Waals surface area contributed by atoms with Crippen molar-refractivity contribution in [3.05, 3.63) is 23.3 Å². The monoisotopic (exact) mass is 268 g/mol. The van der Waals surface area contributed by atoms with Crippen molar-refractivity contribution in [1.29, 1.82) is 0 Å². The van der Waals surface area contributed by atoms with Gasteiger partial charge in [-0.2, -0.15) is 0 Å². The predicted octanol–water partition coefficient (Wildman–Crippen LogP) is 3.11. The number of allylic oxidation sites excluding steroid dienone is 3. The molecule has 0 radical (unpaired) electrons. The Balaban J connectivity index is -0.000000980. The predicted molar refractivity (Wildman–Crippen MR) is 70.5 cm³/mol. The number of rotatable bonds is 6. The summed E-state index contributed by atoms with van der Waals surface area (Å²) in [5, 5.41) is 0. The highest BCUT2D eigenvalue weighted by molar-refractivity contribution is 7.46. The Morgan fingerprint density at radius 1 is 1.18 bits per heavy atom. The van der Waals surface area contributed by atoms with Gasteiger partial charge in [0.05, 0.1) is 6.61 Å². The zero-order valence-corrected chi connectivity index (χ0v) is 11.7. The van der Waals surface area contributed by atoms with Gasteiger partial charge in [0.15, 0.2) is 0 Å². The Bertz CT molecular complexity index is 293. The van der Waals surface area contributed by atoms with Crippen LogP contribution in [0.1, 0.15) is 33.6 Å². The topological polar surface area (TPSA) is 137 Å². The summed E-state index contributed by atoms with van der Waals surface area (Å²) in [6.45, 7) is 5.96. The molecule has 0 saturated carbocycles. The summed E-state index contributed by atoms with van der Waals surface area (Å²) in [4.78, 5) is 16.9. The lowest BCUT2D eigenvalue weighted by molar-refractivity contribution is 0.215. The molecule has 0 saturated heterocycles. The van der Waals surface area contributed by atoms with E-state index >= 15 is 0 Å². The van der Waals surface area contributed by atoms with E-state index in [0.29, 0.717) is 0 Å². The van der Waals surface area contributed by atoms with Gasteiger partial charge < -0.3 is 22.1 Å². The fraction of sp³-hybridized carbons (Fsp3) is 0.600. The molecule has 0 spiro atoms. The van der Waals surface area contributed by atoms with Gasteiger partial charge in [-0.25, -0.2) is 4.57 Å². The van der Waals surface area contributed by atoms with Crippen molar-refractivity contribution < 1.29 is 18.9 Å². The molecule has 7 heteroatoms. The zero-order chi connectivity index (χ0) is 11.9. The van der Waals surface area contributed by atoms with Crippen LogP contribution in [0.15, 0.2) is 23.3 Å². The van der Waals surface area contributed by atoms with E-state index in [1.165, 1.54) is 5.57 Å². The molecule has 0 aliphatic rings. The zero-order valence-electron chi connectivity index (χ0n) is 10.8. The molecule has 0 atom stereocenters. The molecule has 0 amide bonds. The van der Waals surface area contributed by atoms with E-state index in [-0.39, 0.29) is 18.9 Å². The molecule has 0 unspecified atom stereocenters. The molecule has 0 bridgehead atoms. The molecule has 0 heterocycles. The first-order valence-corrected chi connectivity index (χ1v) is 6.33. The van der Waals surface area contributed by atoms with Crippen LogP contribution in [0, 0.1) is 0 Å². The van der Waals surface area contributed by atoms with Crippen LogP contribution in [0.3, 0.4) is 0 Å². The highest BCUT2D eigenvalue weighted by atomic mass is 31.2. The van der Waals surface area contributed by atoms with Crippen molar-refractivity contribution in [2.45, 2.75) is 33.6 Å². The van der Waals surface area contributed by atoms with E-state index in [4.69, 9.17) is 9.79 Å². The van der Waals surface area contributed by atoms with Crippen molar-refractivity contribution in [2.75, 3.05) is 6.61 Å². The molecule has 0 aliphatic carbocycles. The van der Waals surface area contributed by atoms with Crippen LogP contribution >= 0.6 is 7.82 Å². The van der Waals surface area contributed by atoms with Crippen LogP contribution in [-0.2, 0) is 9.09 Å². The highest BCUT2D eigenvalue weighted by Gasteiger charge is 2.11. The summed E-state index contributed by atoms with van der Waals surface area (Å²) in [5.74, 6) is 0. The van der Waals surface area contributed by atoms with Crippen LogP contribution < -0.4 is 12.3 Å². The minimum absolute atomic E-state index is 0. The van der Waals surface area contributed by atoms with Crippen LogP contribution in [0.25, 0.3) is 0 Å². The largest absolute Gasteiger partial charge is 0.469 e. The van der Waals surface area contributed by atoms with Crippen molar-refractivity contribution in [2.24, 2.45) is 0 Å². The summed E-state index contributed by atoms with van der Waals surface area (Å²) in [7, 11) is -4.32. The van der Waals surface area contributed by atoms with Gasteiger partial charge in [0.2, 0.25) is 0 Å². The van der Waals surface area contributed by atoms with E-state index in [2.05, 4.69) is 10.6 Å². The van der Waals surface area contributed by atoms with Crippen LogP contribution in [0.5, 0.6) is 0 Å². The van der Waals surface area contributed by atoms with Crippen molar-refractivity contribution >= 4 is 7.82 Å². The first-order chi connectivity index (χ1) is 6.81. The normalized spacial score (nSPS) is 11.2. The Hall–Kier alpha value is -0.490. The van der Waals surface area contributed by atoms with Gasteiger partial charge in [0, 0.05) is 0 Å².